The Morgan fingerprint density at radius 1 is 1.33 bits per heavy atom. The minimum absolute atomic E-state index is 0.0409. The van der Waals surface area contributed by atoms with Crippen molar-refractivity contribution in [3.8, 4) is 27.9 Å². The standard InChI is InChI=1S/C23H28ClN3O5S/c1-12(2)5-16-11-33-21(14(16)4)23-26-22(27-32-23)15-6-13(3)20(18(24)7-15)31-10-17(29)8-25-19(30)9-28/h6-7,11-12,17,28-29H,5,8-10H2,1-4H3,(H,25,30)/t17-/m1/s1. The molecule has 1 amide bonds. The van der Waals surface area contributed by atoms with E-state index in [-0.39, 0.29) is 13.2 Å². The van der Waals surface area contributed by atoms with E-state index in [2.05, 4.69) is 41.6 Å². The van der Waals surface area contributed by atoms with Gasteiger partial charge in [0.2, 0.25) is 11.7 Å². The van der Waals surface area contributed by atoms with Crippen LogP contribution < -0.4 is 10.1 Å². The third-order valence-electron chi connectivity index (χ3n) is 4.98. The largest absolute Gasteiger partial charge is 0.489 e. The summed E-state index contributed by atoms with van der Waals surface area (Å²) in [6.45, 7) is 7.53. The van der Waals surface area contributed by atoms with Crippen molar-refractivity contribution in [2.24, 2.45) is 5.92 Å². The molecule has 8 nitrogen and oxygen atoms in total. The van der Waals surface area contributed by atoms with E-state index in [4.69, 9.17) is 26.0 Å². The predicted octanol–water partition coefficient (Wildman–Crippen LogP) is 3.78. The molecule has 2 heterocycles. The smallest absolute Gasteiger partial charge is 0.268 e. The fraction of sp³-hybridized carbons (Fsp3) is 0.435. The van der Waals surface area contributed by atoms with Gasteiger partial charge in [0.25, 0.3) is 5.89 Å². The van der Waals surface area contributed by atoms with E-state index in [1.54, 1.807) is 17.4 Å². The number of benzene rings is 1. The molecule has 0 radical (unpaired) electrons. The van der Waals surface area contributed by atoms with Crippen LogP contribution in [0, 0.1) is 19.8 Å². The van der Waals surface area contributed by atoms with E-state index < -0.39 is 18.6 Å². The molecule has 0 fully saturated rings. The highest BCUT2D eigenvalue weighted by molar-refractivity contribution is 7.13. The van der Waals surface area contributed by atoms with Crippen LogP contribution >= 0.6 is 22.9 Å². The summed E-state index contributed by atoms with van der Waals surface area (Å²) in [5.41, 5.74) is 3.88. The maximum atomic E-state index is 11.1. The second-order valence-electron chi connectivity index (χ2n) is 8.27. The molecule has 0 aliphatic carbocycles. The number of hydrogen-bond acceptors (Lipinski definition) is 8. The van der Waals surface area contributed by atoms with Crippen molar-refractivity contribution in [3.05, 3.63) is 39.2 Å². The first-order chi connectivity index (χ1) is 15.7. The van der Waals surface area contributed by atoms with Gasteiger partial charge in [-0.1, -0.05) is 30.6 Å². The zero-order valence-electron chi connectivity index (χ0n) is 19.0. The summed E-state index contributed by atoms with van der Waals surface area (Å²) in [7, 11) is 0. The van der Waals surface area contributed by atoms with Crippen molar-refractivity contribution in [2.45, 2.75) is 40.2 Å². The van der Waals surface area contributed by atoms with Crippen molar-refractivity contribution in [3.63, 3.8) is 0 Å². The van der Waals surface area contributed by atoms with Crippen molar-refractivity contribution in [1.82, 2.24) is 15.5 Å². The van der Waals surface area contributed by atoms with E-state index in [9.17, 15) is 9.90 Å². The number of carbonyl (C=O) groups excluding carboxylic acids is 1. The number of aliphatic hydroxyl groups is 2. The fourth-order valence-corrected chi connectivity index (χ4v) is 4.65. The van der Waals surface area contributed by atoms with Crippen molar-refractivity contribution in [1.29, 1.82) is 0 Å². The first-order valence-corrected chi connectivity index (χ1v) is 11.8. The van der Waals surface area contributed by atoms with Crippen LogP contribution in [-0.4, -0.2) is 52.1 Å². The number of amides is 1. The summed E-state index contributed by atoms with van der Waals surface area (Å²) in [6.07, 6.45) is 0.0484. The number of thiophene rings is 1. The number of halogens is 1. The highest BCUT2D eigenvalue weighted by Crippen LogP contribution is 2.36. The molecule has 10 heteroatoms. The van der Waals surface area contributed by atoms with Crippen LogP contribution in [0.1, 0.15) is 30.5 Å². The van der Waals surface area contributed by atoms with Gasteiger partial charge in [0.1, 0.15) is 25.1 Å². The minimum atomic E-state index is -0.954. The normalized spacial score (nSPS) is 12.2. The van der Waals surface area contributed by atoms with E-state index in [0.717, 1.165) is 22.4 Å². The van der Waals surface area contributed by atoms with E-state index >= 15 is 0 Å². The average Bonchev–Trinajstić information content (AvgIpc) is 3.38. The van der Waals surface area contributed by atoms with Crippen LogP contribution in [0.4, 0.5) is 0 Å². The molecule has 0 bridgehead atoms. The molecule has 0 aliphatic heterocycles. The van der Waals surface area contributed by atoms with Crippen LogP contribution in [0.3, 0.4) is 0 Å². The zero-order valence-corrected chi connectivity index (χ0v) is 20.6. The van der Waals surface area contributed by atoms with Crippen LogP contribution in [0.25, 0.3) is 22.2 Å². The van der Waals surface area contributed by atoms with Gasteiger partial charge in [-0.05, 0) is 60.4 Å². The van der Waals surface area contributed by atoms with Gasteiger partial charge >= 0.3 is 0 Å². The molecule has 1 aromatic carbocycles. The SMILES string of the molecule is Cc1cc(-c2noc(-c3scc(CC(C)C)c3C)n2)cc(Cl)c1OC[C@H](O)CNC(=O)CO. The molecule has 3 aromatic rings. The molecule has 3 rings (SSSR count). The molecule has 33 heavy (non-hydrogen) atoms. The number of nitrogens with one attached hydrogen (secondary N) is 1. The summed E-state index contributed by atoms with van der Waals surface area (Å²) in [5, 5.41) is 27.7. The second-order valence-corrected chi connectivity index (χ2v) is 9.55. The number of hydrogen-bond donors (Lipinski definition) is 3. The summed E-state index contributed by atoms with van der Waals surface area (Å²) in [4.78, 5) is 16.6. The molecule has 2 aromatic heterocycles. The third kappa shape index (κ3) is 6.32. The van der Waals surface area contributed by atoms with Gasteiger partial charge in [0.05, 0.1) is 9.90 Å². The lowest BCUT2D eigenvalue weighted by molar-refractivity contribution is -0.124. The number of rotatable bonds is 10. The topological polar surface area (TPSA) is 118 Å². The lowest BCUT2D eigenvalue weighted by Crippen LogP contribution is -2.36. The summed E-state index contributed by atoms with van der Waals surface area (Å²) in [6, 6.07) is 3.52. The number of aliphatic hydroxyl groups excluding tert-OH is 2. The highest BCUT2D eigenvalue weighted by Gasteiger charge is 2.19. The van der Waals surface area contributed by atoms with Crippen LogP contribution in [0.2, 0.25) is 5.02 Å². The number of carbonyl (C=O) groups is 1. The molecule has 178 valence electrons. The lowest BCUT2D eigenvalue weighted by Gasteiger charge is -2.16. The first kappa shape index (κ1) is 25.2. The Kier molecular flexibility index (Phi) is 8.47. The Labute approximate surface area is 201 Å². The van der Waals surface area contributed by atoms with Crippen molar-refractivity contribution >= 4 is 28.8 Å². The predicted molar refractivity (Wildman–Crippen MR) is 128 cm³/mol. The number of aryl methyl sites for hydroxylation is 1. The van der Waals surface area contributed by atoms with Gasteiger partial charge < -0.3 is 24.8 Å². The highest BCUT2D eigenvalue weighted by atomic mass is 35.5. The van der Waals surface area contributed by atoms with E-state index in [1.165, 1.54) is 5.56 Å². The maximum absolute atomic E-state index is 11.1. The Bertz CT molecular complexity index is 1090. The van der Waals surface area contributed by atoms with E-state index in [0.29, 0.717) is 34.0 Å². The molecule has 0 saturated heterocycles. The molecule has 1 atom stereocenters. The van der Waals surface area contributed by atoms with Gasteiger partial charge in [-0.3, -0.25) is 4.79 Å². The second kappa shape index (κ2) is 11.1. The van der Waals surface area contributed by atoms with E-state index in [1.807, 2.05) is 13.0 Å². The summed E-state index contributed by atoms with van der Waals surface area (Å²) >= 11 is 8.02. The van der Waals surface area contributed by atoms with Crippen molar-refractivity contribution in [2.75, 3.05) is 19.8 Å². The third-order valence-corrected chi connectivity index (χ3v) is 6.38. The Balaban J connectivity index is 1.72. The quantitative estimate of drug-likeness (QED) is 0.393. The number of aromatic nitrogens is 2. The van der Waals surface area contributed by atoms with Gasteiger partial charge in [0.15, 0.2) is 0 Å². The van der Waals surface area contributed by atoms with Crippen LogP contribution in [0.5, 0.6) is 5.75 Å². The zero-order chi connectivity index (χ0) is 24.1. The Hall–Kier alpha value is -2.46. The Morgan fingerprint density at radius 2 is 2.09 bits per heavy atom. The molecule has 0 aliphatic rings. The molecule has 3 N–H and O–H groups in total. The lowest BCUT2D eigenvalue weighted by atomic mass is 10.0. The summed E-state index contributed by atoms with van der Waals surface area (Å²) in [5.74, 6) is 1.32. The Morgan fingerprint density at radius 3 is 2.76 bits per heavy atom. The van der Waals surface area contributed by atoms with Gasteiger partial charge in [-0.2, -0.15) is 4.98 Å². The van der Waals surface area contributed by atoms with Gasteiger partial charge in [-0.15, -0.1) is 11.3 Å². The van der Waals surface area contributed by atoms with Crippen molar-refractivity contribution < 1.29 is 24.3 Å². The summed E-state index contributed by atoms with van der Waals surface area (Å²) < 4.78 is 11.2. The molecule has 0 saturated carbocycles. The minimum Gasteiger partial charge on any atom is -0.489 e. The van der Waals surface area contributed by atoms with Gasteiger partial charge in [0, 0.05) is 12.1 Å². The molecule has 0 spiro atoms. The monoisotopic (exact) mass is 493 g/mol. The molecular weight excluding hydrogens is 466 g/mol. The molecular formula is C23H28ClN3O5S. The average molecular weight is 494 g/mol. The number of ether oxygens (including phenoxy) is 1. The van der Waals surface area contributed by atoms with Crippen LogP contribution in [0.15, 0.2) is 22.0 Å². The molecule has 0 unspecified atom stereocenters. The van der Waals surface area contributed by atoms with Crippen LogP contribution in [-0.2, 0) is 11.2 Å². The fourth-order valence-electron chi connectivity index (χ4n) is 3.31. The van der Waals surface area contributed by atoms with Gasteiger partial charge in [-0.25, -0.2) is 0 Å². The number of nitrogens with zero attached hydrogens (tertiary/aromatic N) is 2. The first-order valence-electron chi connectivity index (χ1n) is 10.6. The maximum Gasteiger partial charge on any atom is 0.268 e.